The quantitative estimate of drug-likeness (QED) is 0.778. The molecule has 3 unspecified atom stereocenters. The average molecular weight is 253 g/mol. The van der Waals surface area contributed by atoms with E-state index in [1.807, 2.05) is 0 Å². The summed E-state index contributed by atoms with van der Waals surface area (Å²) >= 11 is 0. The lowest BCUT2D eigenvalue weighted by atomic mass is 9.69. The summed E-state index contributed by atoms with van der Waals surface area (Å²) in [6.07, 6.45) is 7.64. The van der Waals surface area contributed by atoms with Crippen molar-refractivity contribution in [1.29, 1.82) is 0 Å². The fourth-order valence-corrected chi connectivity index (χ4v) is 4.35. The van der Waals surface area contributed by atoms with E-state index in [0.29, 0.717) is 6.04 Å². The van der Waals surface area contributed by atoms with Crippen LogP contribution in [0.3, 0.4) is 0 Å². The van der Waals surface area contributed by atoms with Crippen molar-refractivity contribution >= 4 is 0 Å². The zero-order valence-corrected chi connectivity index (χ0v) is 11.6. The van der Waals surface area contributed by atoms with Gasteiger partial charge in [0, 0.05) is 25.8 Å². The van der Waals surface area contributed by atoms with Gasteiger partial charge in [-0.1, -0.05) is 19.8 Å². The standard InChI is InChI=1S/C15H27NO2/c1-12-3-2-6-15(11-12)14(16-7-10-18-15)13-4-8-17-9-5-13/h12-14,16H,2-11H2,1H3. The van der Waals surface area contributed by atoms with Crippen LogP contribution in [0.15, 0.2) is 0 Å². The van der Waals surface area contributed by atoms with Gasteiger partial charge in [-0.3, -0.25) is 0 Å². The molecule has 3 heteroatoms. The van der Waals surface area contributed by atoms with E-state index in [2.05, 4.69) is 12.2 Å². The third-order valence-electron chi connectivity index (χ3n) is 5.15. The topological polar surface area (TPSA) is 30.5 Å². The highest BCUT2D eigenvalue weighted by Crippen LogP contribution is 2.42. The van der Waals surface area contributed by atoms with E-state index in [-0.39, 0.29) is 5.60 Å². The molecule has 2 heterocycles. The Morgan fingerprint density at radius 3 is 2.72 bits per heavy atom. The fourth-order valence-electron chi connectivity index (χ4n) is 4.35. The zero-order chi connectivity index (χ0) is 12.4. The molecule has 0 radical (unpaired) electrons. The van der Waals surface area contributed by atoms with E-state index < -0.39 is 0 Å². The molecule has 104 valence electrons. The molecule has 18 heavy (non-hydrogen) atoms. The molecule has 0 aromatic carbocycles. The number of rotatable bonds is 1. The first-order valence-electron chi connectivity index (χ1n) is 7.75. The van der Waals surface area contributed by atoms with Crippen molar-refractivity contribution in [2.45, 2.75) is 57.1 Å². The predicted octanol–water partition coefficient (Wildman–Crippen LogP) is 2.35. The summed E-state index contributed by atoms with van der Waals surface area (Å²) in [5.41, 5.74) is 0.137. The van der Waals surface area contributed by atoms with Crippen molar-refractivity contribution in [3.8, 4) is 0 Å². The van der Waals surface area contributed by atoms with Crippen molar-refractivity contribution in [2.75, 3.05) is 26.4 Å². The lowest BCUT2D eigenvalue weighted by Crippen LogP contribution is -2.63. The largest absolute Gasteiger partial charge is 0.381 e. The highest BCUT2D eigenvalue weighted by atomic mass is 16.5. The Hall–Kier alpha value is -0.120. The third kappa shape index (κ3) is 2.45. The van der Waals surface area contributed by atoms with E-state index in [1.165, 1.54) is 38.5 Å². The van der Waals surface area contributed by atoms with Crippen molar-refractivity contribution in [3.05, 3.63) is 0 Å². The van der Waals surface area contributed by atoms with Crippen molar-refractivity contribution in [3.63, 3.8) is 0 Å². The van der Waals surface area contributed by atoms with Crippen LogP contribution in [0.25, 0.3) is 0 Å². The Morgan fingerprint density at radius 2 is 1.94 bits per heavy atom. The van der Waals surface area contributed by atoms with Crippen LogP contribution in [0.5, 0.6) is 0 Å². The fraction of sp³-hybridized carbons (Fsp3) is 1.00. The molecule has 1 aliphatic carbocycles. The van der Waals surface area contributed by atoms with Crippen molar-refractivity contribution in [2.24, 2.45) is 11.8 Å². The number of nitrogens with one attached hydrogen (secondary N) is 1. The molecule has 0 aromatic rings. The van der Waals surface area contributed by atoms with Crippen LogP contribution >= 0.6 is 0 Å². The summed E-state index contributed by atoms with van der Waals surface area (Å²) in [6.45, 7) is 6.19. The molecule has 3 nitrogen and oxygen atoms in total. The predicted molar refractivity (Wildman–Crippen MR) is 71.6 cm³/mol. The summed E-state index contributed by atoms with van der Waals surface area (Å²) in [5.74, 6) is 1.57. The lowest BCUT2D eigenvalue weighted by molar-refractivity contribution is -0.145. The molecule has 0 bridgehead atoms. The van der Waals surface area contributed by atoms with Gasteiger partial charge in [-0.05, 0) is 37.5 Å². The van der Waals surface area contributed by atoms with Gasteiger partial charge in [0.25, 0.3) is 0 Å². The first-order chi connectivity index (χ1) is 8.80. The van der Waals surface area contributed by atoms with Crippen LogP contribution in [0.4, 0.5) is 0 Å². The first kappa shape index (κ1) is 12.9. The second-order valence-electron chi connectivity index (χ2n) is 6.50. The zero-order valence-electron chi connectivity index (χ0n) is 11.6. The minimum absolute atomic E-state index is 0.137. The molecule has 3 aliphatic rings. The second-order valence-corrected chi connectivity index (χ2v) is 6.50. The Bertz CT molecular complexity index is 274. The smallest absolute Gasteiger partial charge is 0.0840 e. The lowest BCUT2D eigenvalue weighted by Gasteiger charge is -2.51. The molecular formula is C15H27NO2. The van der Waals surface area contributed by atoms with Gasteiger partial charge in [0.2, 0.25) is 0 Å². The summed E-state index contributed by atoms with van der Waals surface area (Å²) in [6, 6.07) is 0.567. The molecule has 3 rings (SSSR count). The molecule has 0 amide bonds. The van der Waals surface area contributed by atoms with Gasteiger partial charge >= 0.3 is 0 Å². The van der Waals surface area contributed by atoms with Gasteiger partial charge in [-0.25, -0.2) is 0 Å². The van der Waals surface area contributed by atoms with E-state index in [1.54, 1.807) is 0 Å². The molecule has 3 atom stereocenters. The Kier molecular flexibility index (Phi) is 3.92. The maximum atomic E-state index is 6.34. The van der Waals surface area contributed by atoms with Crippen molar-refractivity contribution in [1.82, 2.24) is 5.32 Å². The highest BCUT2D eigenvalue weighted by Gasteiger charge is 2.47. The maximum absolute atomic E-state index is 6.34. The van der Waals surface area contributed by atoms with Crippen LogP contribution in [0.1, 0.15) is 45.4 Å². The number of morpholine rings is 1. The van der Waals surface area contributed by atoms with E-state index >= 15 is 0 Å². The highest BCUT2D eigenvalue weighted by molar-refractivity contribution is 5.02. The van der Waals surface area contributed by atoms with Gasteiger partial charge in [0.05, 0.1) is 12.2 Å². The first-order valence-corrected chi connectivity index (χ1v) is 7.75. The normalized spacial score (nSPS) is 43.2. The number of ether oxygens (including phenoxy) is 2. The van der Waals surface area contributed by atoms with Gasteiger partial charge < -0.3 is 14.8 Å². The molecule has 1 saturated carbocycles. The van der Waals surface area contributed by atoms with Gasteiger partial charge in [-0.2, -0.15) is 0 Å². The SMILES string of the molecule is CC1CCCC2(C1)OCCNC2C1CCOCC1. The Morgan fingerprint density at radius 1 is 1.11 bits per heavy atom. The minimum atomic E-state index is 0.137. The molecule has 2 aliphatic heterocycles. The number of hydrogen-bond donors (Lipinski definition) is 1. The Balaban J connectivity index is 1.75. The summed E-state index contributed by atoms with van der Waals surface area (Å²) in [4.78, 5) is 0. The summed E-state index contributed by atoms with van der Waals surface area (Å²) < 4.78 is 11.9. The number of hydrogen-bond acceptors (Lipinski definition) is 3. The summed E-state index contributed by atoms with van der Waals surface area (Å²) in [7, 11) is 0. The van der Waals surface area contributed by atoms with E-state index in [0.717, 1.165) is 38.2 Å². The second kappa shape index (κ2) is 5.48. The monoisotopic (exact) mass is 253 g/mol. The van der Waals surface area contributed by atoms with Crippen LogP contribution in [0, 0.1) is 11.8 Å². The third-order valence-corrected chi connectivity index (χ3v) is 5.15. The molecule has 1 N–H and O–H groups in total. The van der Waals surface area contributed by atoms with Crippen LogP contribution in [0.2, 0.25) is 0 Å². The molecule has 3 fully saturated rings. The van der Waals surface area contributed by atoms with Gasteiger partial charge in [0.1, 0.15) is 0 Å². The molecule has 1 spiro atoms. The van der Waals surface area contributed by atoms with Crippen LogP contribution < -0.4 is 5.32 Å². The Labute approximate surface area is 111 Å². The van der Waals surface area contributed by atoms with Crippen molar-refractivity contribution < 1.29 is 9.47 Å². The van der Waals surface area contributed by atoms with E-state index in [4.69, 9.17) is 9.47 Å². The molecule has 0 aromatic heterocycles. The molecular weight excluding hydrogens is 226 g/mol. The van der Waals surface area contributed by atoms with Crippen LogP contribution in [-0.2, 0) is 9.47 Å². The average Bonchev–Trinajstić information content (AvgIpc) is 2.40. The van der Waals surface area contributed by atoms with Gasteiger partial charge in [-0.15, -0.1) is 0 Å². The van der Waals surface area contributed by atoms with E-state index in [9.17, 15) is 0 Å². The van der Waals surface area contributed by atoms with Crippen LogP contribution in [-0.4, -0.2) is 38.0 Å². The summed E-state index contributed by atoms with van der Waals surface area (Å²) in [5, 5.41) is 3.79. The molecule has 2 saturated heterocycles. The maximum Gasteiger partial charge on any atom is 0.0840 e. The minimum Gasteiger partial charge on any atom is -0.381 e. The van der Waals surface area contributed by atoms with Gasteiger partial charge in [0.15, 0.2) is 0 Å².